The van der Waals surface area contributed by atoms with Crippen molar-refractivity contribution < 1.29 is 4.79 Å². The second kappa shape index (κ2) is 13.1. The molecular formula is C30H38N2O. The van der Waals surface area contributed by atoms with E-state index < -0.39 is 0 Å². The van der Waals surface area contributed by atoms with E-state index in [-0.39, 0.29) is 11.7 Å². The third-order valence-electron chi connectivity index (χ3n) is 6.52. The lowest BCUT2D eigenvalue weighted by atomic mass is 9.84. The Balaban J connectivity index is 0.000000442. The molecule has 0 aliphatic carbocycles. The van der Waals surface area contributed by atoms with E-state index in [9.17, 15) is 4.79 Å². The summed E-state index contributed by atoms with van der Waals surface area (Å²) in [6, 6.07) is 30.8. The summed E-state index contributed by atoms with van der Waals surface area (Å²) in [5, 5.41) is 0. The van der Waals surface area contributed by atoms with Crippen molar-refractivity contribution in [1.29, 1.82) is 0 Å². The predicted molar refractivity (Wildman–Crippen MR) is 139 cm³/mol. The maximum Gasteiger partial charge on any atom is 0.170 e. The topological polar surface area (TPSA) is 23.6 Å². The monoisotopic (exact) mass is 442 g/mol. The molecule has 174 valence electrons. The fraction of sp³-hybridized carbons (Fsp3) is 0.367. The number of Topliss-reactive ketones (excluding diaryl/α,β-unsaturated/α-hetero) is 1. The van der Waals surface area contributed by atoms with Crippen molar-refractivity contribution in [1.82, 2.24) is 9.80 Å². The SMILES string of the molecule is CC(CC(C(=O)c1ccccc1CN1CCCC1)c1ccccc1)N(C)C.c1ccccc1. The largest absolute Gasteiger partial charge is 0.307 e. The van der Waals surface area contributed by atoms with Crippen molar-refractivity contribution in [2.24, 2.45) is 0 Å². The molecule has 1 fully saturated rings. The van der Waals surface area contributed by atoms with Gasteiger partial charge in [-0.3, -0.25) is 9.69 Å². The van der Waals surface area contributed by atoms with Gasteiger partial charge in [0.25, 0.3) is 0 Å². The van der Waals surface area contributed by atoms with Crippen LogP contribution in [0.4, 0.5) is 0 Å². The molecule has 0 bridgehead atoms. The first kappa shape index (κ1) is 24.9. The van der Waals surface area contributed by atoms with Crippen molar-refractivity contribution in [3.63, 3.8) is 0 Å². The molecule has 0 saturated carbocycles. The third kappa shape index (κ3) is 7.66. The highest BCUT2D eigenvalue weighted by molar-refractivity contribution is 6.02. The summed E-state index contributed by atoms with van der Waals surface area (Å²) in [5.41, 5.74) is 3.18. The maximum absolute atomic E-state index is 13.7. The highest BCUT2D eigenvalue weighted by Gasteiger charge is 2.27. The minimum atomic E-state index is -0.108. The minimum Gasteiger partial charge on any atom is -0.307 e. The van der Waals surface area contributed by atoms with E-state index in [1.807, 2.05) is 66.7 Å². The number of carbonyl (C=O) groups excluding carboxylic acids is 1. The van der Waals surface area contributed by atoms with Gasteiger partial charge in [-0.2, -0.15) is 0 Å². The highest BCUT2D eigenvalue weighted by atomic mass is 16.1. The highest BCUT2D eigenvalue weighted by Crippen LogP contribution is 2.29. The predicted octanol–water partition coefficient (Wildman–Crippen LogP) is 6.28. The van der Waals surface area contributed by atoms with Crippen LogP contribution in [0.2, 0.25) is 0 Å². The number of hydrogen-bond acceptors (Lipinski definition) is 3. The Hall–Kier alpha value is -2.75. The van der Waals surface area contributed by atoms with Crippen molar-refractivity contribution in [3.05, 3.63) is 108 Å². The molecule has 2 unspecified atom stereocenters. The molecule has 4 rings (SSSR count). The number of ketones is 1. The zero-order valence-electron chi connectivity index (χ0n) is 20.4. The molecule has 33 heavy (non-hydrogen) atoms. The standard InChI is InChI=1S/C24H32N2O.C6H6/c1-19(25(2)3)17-23(20-11-5-4-6-12-20)24(27)22-14-8-7-13-21(22)18-26-15-9-10-16-26;1-2-4-6-5-3-1/h4-8,11-14,19,23H,9-10,15-18H2,1-3H3;1-6H. The van der Waals surface area contributed by atoms with Gasteiger partial charge in [-0.15, -0.1) is 0 Å². The molecule has 1 aliphatic heterocycles. The van der Waals surface area contributed by atoms with Gasteiger partial charge < -0.3 is 4.90 Å². The molecule has 0 N–H and O–H groups in total. The summed E-state index contributed by atoms with van der Waals surface area (Å²) in [6.45, 7) is 5.36. The summed E-state index contributed by atoms with van der Waals surface area (Å²) in [6.07, 6.45) is 3.36. The van der Waals surface area contributed by atoms with Gasteiger partial charge in [0.2, 0.25) is 0 Å². The lowest BCUT2D eigenvalue weighted by Crippen LogP contribution is -2.29. The number of nitrogens with zero attached hydrogens (tertiary/aromatic N) is 2. The number of carbonyl (C=O) groups is 1. The summed E-state index contributed by atoms with van der Waals surface area (Å²) < 4.78 is 0. The number of likely N-dealkylation sites (tertiary alicyclic amines) is 1. The molecule has 0 radical (unpaired) electrons. The van der Waals surface area contributed by atoms with Crippen LogP contribution in [-0.2, 0) is 6.54 Å². The number of rotatable bonds is 8. The van der Waals surface area contributed by atoms with E-state index in [1.54, 1.807) is 0 Å². The van der Waals surface area contributed by atoms with E-state index in [1.165, 1.54) is 18.4 Å². The molecule has 3 nitrogen and oxygen atoms in total. The van der Waals surface area contributed by atoms with Crippen molar-refractivity contribution >= 4 is 5.78 Å². The van der Waals surface area contributed by atoms with Crippen LogP contribution in [0.25, 0.3) is 0 Å². The Morgan fingerprint density at radius 1 is 0.818 bits per heavy atom. The van der Waals surface area contributed by atoms with E-state index in [2.05, 4.69) is 55.1 Å². The van der Waals surface area contributed by atoms with Crippen LogP contribution in [0.15, 0.2) is 91.0 Å². The van der Waals surface area contributed by atoms with Crippen LogP contribution in [0.3, 0.4) is 0 Å². The molecule has 1 heterocycles. The number of hydrogen-bond donors (Lipinski definition) is 0. The fourth-order valence-electron chi connectivity index (χ4n) is 4.28. The summed E-state index contributed by atoms with van der Waals surface area (Å²) in [4.78, 5) is 18.3. The van der Waals surface area contributed by atoms with Gasteiger partial charge in [-0.05, 0) is 64.5 Å². The lowest BCUT2D eigenvalue weighted by molar-refractivity contribution is 0.0939. The molecule has 0 aromatic heterocycles. The first-order chi connectivity index (χ1) is 16.1. The third-order valence-corrected chi connectivity index (χ3v) is 6.52. The Labute approximate surface area is 200 Å². The van der Waals surface area contributed by atoms with E-state index in [0.717, 1.165) is 37.2 Å². The Morgan fingerprint density at radius 2 is 1.33 bits per heavy atom. The van der Waals surface area contributed by atoms with Gasteiger partial charge in [0.15, 0.2) is 5.78 Å². The number of benzene rings is 3. The van der Waals surface area contributed by atoms with Gasteiger partial charge in [0.05, 0.1) is 0 Å². The first-order valence-corrected chi connectivity index (χ1v) is 12.1. The van der Waals surface area contributed by atoms with Crippen LogP contribution < -0.4 is 0 Å². The van der Waals surface area contributed by atoms with Crippen molar-refractivity contribution in [2.45, 2.75) is 44.7 Å². The second-order valence-corrected chi connectivity index (χ2v) is 9.17. The van der Waals surface area contributed by atoms with Crippen LogP contribution in [-0.4, -0.2) is 48.8 Å². The Bertz CT molecular complexity index is 923. The van der Waals surface area contributed by atoms with Crippen molar-refractivity contribution in [2.75, 3.05) is 27.2 Å². The molecule has 3 aromatic rings. The zero-order chi connectivity index (χ0) is 23.5. The summed E-state index contributed by atoms with van der Waals surface area (Å²) in [7, 11) is 4.16. The second-order valence-electron chi connectivity index (χ2n) is 9.17. The van der Waals surface area contributed by atoms with E-state index >= 15 is 0 Å². The molecule has 2 atom stereocenters. The molecular weight excluding hydrogens is 404 g/mol. The maximum atomic E-state index is 13.7. The van der Waals surface area contributed by atoms with Crippen LogP contribution in [0.5, 0.6) is 0 Å². The smallest absolute Gasteiger partial charge is 0.170 e. The average molecular weight is 443 g/mol. The molecule has 0 spiro atoms. The minimum absolute atomic E-state index is 0.108. The van der Waals surface area contributed by atoms with Crippen LogP contribution >= 0.6 is 0 Å². The molecule has 3 aromatic carbocycles. The summed E-state index contributed by atoms with van der Waals surface area (Å²) >= 11 is 0. The van der Waals surface area contributed by atoms with E-state index in [4.69, 9.17) is 0 Å². The van der Waals surface area contributed by atoms with Gasteiger partial charge in [-0.25, -0.2) is 0 Å². The van der Waals surface area contributed by atoms with Gasteiger partial charge in [0.1, 0.15) is 0 Å². The van der Waals surface area contributed by atoms with E-state index in [0.29, 0.717) is 6.04 Å². The average Bonchev–Trinajstić information content (AvgIpc) is 3.37. The molecule has 1 saturated heterocycles. The lowest BCUT2D eigenvalue weighted by Gasteiger charge is -2.26. The normalized spacial score (nSPS) is 15.5. The Kier molecular flexibility index (Phi) is 9.86. The summed E-state index contributed by atoms with van der Waals surface area (Å²) in [5.74, 6) is 0.146. The van der Waals surface area contributed by atoms with Crippen molar-refractivity contribution in [3.8, 4) is 0 Å². The quantitative estimate of drug-likeness (QED) is 0.384. The van der Waals surface area contributed by atoms with Crippen LogP contribution in [0, 0.1) is 0 Å². The molecule has 0 amide bonds. The van der Waals surface area contributed by atoms with Gasteiger partial charge in [0, 0.05) is 24.1 Å². The fourth-order valence-corrected chi connectivity index (χ4v) is 4.28. The molecule has 1 aliphatic rings. The van der Waals surface area contributed by atoms with Gasteiger partial charge in [-0.1, -0.05) is 91.0 Å². The van der Waals surface area contributed by atoms with Crippen LogP contribution in [0.1, 0.15) is 53.6 Å². The van der Waals surface area contributed by atoms with Gasteiger partial charge >= 0.3 is 0 Å². The Morgan fingerprint density at radius 3 is 1.91 bits per heavy atom. The molecule has 3 heteroatoms. The zero-order valence-corrected chi connectivity index (χ0v) is 20.4. The first-order valence-electron chi connectivity index (χ1n) is 12.1.